The van der Waals surface area contributed by atoms with Gasteiger partial charge < -0.3 is 25.4 Å². The summed E-state index contributed by atoms with van der Waals surface area (Å²) in [5.41, 5.74) is -0.419. The van der Waals surface area contributed by atoms with E-state index in [2.05, 4.69) is 10.6 Å². The molecule has 182 valence electrons. The molecule has 9 heteroatoms. The Bertz CT molecular complexity index is 872. The minimum Gasteiger partial charge on any atom is -0.508 e. The highest BCUT2D eigenvalue weighted by molar-refractivity contribution is 5.92. The van der Waals surface area contributed by atoms with Crippen LogP contribution in [-0.4, -0.2) is 52.1 Å². The van der Waals surface area contributed by atoms with Crippen LogP contribution in [0.3, 0.4) is 0 Å². The third-order valence-corrected chi connectivity index (χ3v) is 4.85. The molecule has 0 heterocycles. The quantitative estimate of drug-likeness (QED) is 0.485. The summed E-state index contributed by atoms with van der Waals surface area (Å²) in [4.78, 5) is 40.4. The van der Waals surface area contributed by atoms with Gasteiger partial charge in [-0.2, -0.15) is 5.26 Å². The molecule has 0 saturated heterocycles. The number of amides is 3. The minimum absolute atomic E-state index is 0.0791. The number of nitrogens with one attached hydrogen (secondary N) is 2. The maximum atomic E-state index is 13.7. The van der Waals surface area contributed by atoms with E-state index in [1.165, 1.54) is 12.1 Å². The molecule has 3 N–H and O–H groups in total. The number of carbonyl (C=O) groups excluding carboxylic acids is 3. The number of benzene rings is 1. The van der Waals surface area contributed by atoms with Crippen LogP contribution in [0.5, 0.6) is 5.75 Å². The van der Waals surface area contributed by atoms with Crippen LogP contribution in [0, 0.1) is 17.2 Å². The van der Waals surface area contributed by atoms with Crippen molar-refractivity contribution < 1.29 is 24.2 Å². The number of carbonyl (C=O) groups is 3. The molecule has 3 amide bonds. The Balaban J connectivity index is 3.45. The van der Waals surface area contributed by atoms with Gasteiger partial charge in [0, 0.05) is 6.04 Å². The lowest BCUT2D eigenvalue weighted by molar-refractivity contribution is -0.142. The second kappa shape index (κ2) is 12.1. The molecular weight excluding hydrogens is 424 g/mol. The van der Waals surface area contributed by atoms with Crippen LogP contribution in [0.1, 0.15) is 66.5 Å². The van der Waals surface area contributed by atoms with E-state index in [0.717, 1.165) is 4.90 Å². The fourth-order valence-corrected chi connectivity index (χ4v) is 3.20. The van der Waals surface area contributed by atoms with E-state index < -0.39 is 42.1 Å². The first kappa shape index (κ1) is 27.8. The lowest BCUT2D eigenvalue weighted by atomic mass is 9.95. The van der Waals surface area contributed by atoms with Crippen LogP contribution in [0.2, 0.25) is 0 Å². The van der Waals surface area contributed by atoms with Gasteiger partial charge in [-0.3, -0.25) is 9.59 Å². The molecule has 1 aromatic carbocycles. The summed E-state index contributed by atoms with van der Waals surface area (Å²) in [6, 6.07) is 5.50. The van der Waals surface area contributed by atoms with Crippen molar-refractivity contribution in [3.8, 4) is 11.8 Å². The van der Waals surface area contributed by atoms with Gasteiger partial charge in [0.1, 0.15) is 30.0 Å². The molecule has 0 saturated carbocycles. The van der Waals surface area contributed by atoms with Gasteiger partial charge in [-0.05, 0) is 58.2 Å². The number of nitriles is 1. The van der Waals surface area contributed by atoms with Crippen LogP contribution in [0.25, 0.3) is 0 Å². The van der Waals surface area contributed by atoms with E-state index in [9.17, 15) is 24.8 Å². The SMILES string of the molecule is CCC(C)C(NC(=O)OC(C)(C)C)C(=O)N(CC#N)C(C(=O)NC(C)C)c1cccc(O)c1. The number of nitrogens with zero attached hydrogens (tertiary/aromatic N) is 2. The molecule has 3 unspecified atom stereocenters. The standard InChI is InChI=1S/C24H36N4O5/c1-8-16(4)19(27-23(32)33-24(5,6)7)22(31)28(13-12-25)20(21(30)26-15(2)3)17-10-9-11-18(29)14-17/h9-11,14-16,19-20,29H,8,13H2,1-7H3,(H,26,30)(H,27,32). The van der Waals surface area contributed by atoms with E-state index in [1.807, 2.05) is 13.0 Å². The summed E-state index contributed by atoms with van der Waals surface area (Å²) in [6.45, 7) is 12.0. The Morgan fingerprint density at radius 3 is 2.30 bits per heavy atom. The van der Waals surface area contributed by atoms with Crippen LogP contribution in [0.15, 0.2) is 24.3 Å². The zero-order valence-corrected chi connectivity index (χ0v) is 20.5. The maximum absolute atomic E-state index is 13.7. The zero-order chi connectivity index (χ0) is 25.3. The van der Waals surface area contributed by atoms with Crippen molar-refractivity contribution in [2.45, 2.75) is 78.6 Å². The number of alkyl carbamates (subject to hydrolysis) is 1. The average molecular weight is 461 g/mol. The van der Waals surface area contributed by atoms with Crippen molar-refractivity contribution in [2.75, 3.05) is 6.54 Å². The first-order chi connectivity index (χ1) is 15.3. The summed E-state index contributed by atoms with van der Waals surface area (Å²) in [5, 5.41) is 24.8. The topological polar surface area (TPSA) is 132 Å². The summed E-state index contributed by atoms with van der Waals surface area (Å²) in [5.74, 6) is -1.47. The molecule has 1 aromatic rings. The Labute approximate surface area is 196 Å². The lowest BCUT2D eigenvalue weighted by Gasteiger charge is -2.35. The fraction of sp³-hybridized carbons (Fsp3) is 0.583. The van der Waals surface area contributed by atoms with Crippen molar-refractivity contribution in [3.63, 3.8) is 0 Å². The maximum Gasteiger partial charge on any atom is 0.408 e. The lowest BCUT2D eigenvalue weighted by Crippen LogP contribution is -2.55. The largest absolute Gasteiger partial charge is 0.508 e. The van der Waals surface area contributed by atoms with E-state index in [-0.39, 0.29) is 17.7 Å². The van der Waals surface area contributed by atoms with E-state index >= 15 is 0 Å². The summed E-state index contributed by atoms with van der Waals surface area (Å²) in [6.07, 6.45) is -0.208. The van der Waals surface area contributed by atoms with Crippen LogP contribution in [0.4, 0.5) is 4.79 Å². The van der Waals surface area contributed by atoms with Gasteiger partial charge in [0.15, 0.2) is 0 Å². The first-order valence-corrected chi connectivity index (χ1v) is 11.1. The molecule has 0 radical (unpaired) electrons. The van der Waals surface area contributed by atoms with Crippen molar-refractivity contribution in [3.05, 3.63) is 29.8 Å². The van der Waals surface area contributed by atoms with Gasteiger partial charge >= 0.3 is 6.09 Å². The van der Waals surface area contributed by atoms with Gasteiger partial charge in [-0.25, -0.2) is 4.79 Å². The monoisotopic (exact) mass is 460 g/mol. The normalized spacial score (nSPS) is 13.9. The van der Waals surface area contributed by atoms with E-state index in [0.29, 0.717) is 12.0 Å². The number of rotatable bonds is 9. The molecule has 0 spiro atoms. The van der Waals surface area contributed by atoms with Gasteiger partial charge in [0.2, 0.25) is 11.8 Å². The third kappa shape index (κ3) is 8.64. The molecule has 0 bridgehead atoms. The number of aromatic hydroxyl groups is 1. The third-order valence-electron chi connectivity index (χ3n) is 4.85. The van der Waals surface area contributed by atoms with E-state index in [1.54, 1.807) is 53.7 Å². The average Bonchev–Trinajstić information content (AvgIpc) is 2.68. The van der Waals surface area contributed by atoms with Gasteiger partial charge in [0.05, 0.1) is 6.07 Å². The second-order valence-electron chi connectivity index (χ2n) is 9.29. The van der Waals surface area contributed by atoms with Gasteiger partial charge in [0.25, 0.3) is 0 Å². The van der Waals surface area contributed by atoms with Gasteiger partial charge in [-0.1, -0.05) is 32.4 Å². The fourth-order valence-electron chi connectivity index (χ4n) is 3.20. The Kier molecular flexibility index (Phi) is 10.2. The van der Waals surface area contributed by atoms with Crippen LogP contribution in [-0.2, 0) is 14.3 Å². The smallest absolute Gasteiger partial charge is 0.408 e. The molecule has 0 aliphatic rings. The molecule has 0 aromatic heterocycles. The Morgan fingerprint density at radius 2 is 1.82 bits per heavy atom. The van der Waals surface area contributed by atoms with Crippen molar-refractivity contribution in [2.24, 2.45) is 5.92 Å². The minimum atomic E-state index is -1.18. The highest BCUT2D eigenvalue weighted by Crippen LogP contribution is 2.26. The number of phenols is 1. The Morgan fingerprint density at radius 1 is 1.18 bits per heavy atom. The summed E-state index contributed by atoms with van der Waals surface area (Å²) < 4.78 is 5.32. The first-order valence-electron chi connectivity index (χ1n) is 11.1. The zero-order valence-electron chi connectivity index (χ0n) is 20.5. The number of phenolic OH excluding ortho intramolecular Hbond substituents is 1. The highest BCUT2D eigenvalue weighted by atomic mass is 16.6. The molecule has 33 heavy (non-hydrogen) atoms. The molecular formula is C24H36N4O5. The van der Waals surface area contributed by atoms with Crippen LogP contribution >= 0.6 is 0 Å². The molecule has 3 atom stereocenters. The van der Waals surface area contributed by atoms with Crippen LogP contribution < -0.4 is 10.6 Å². The summed E-state index contributed by atoms with van der Waals surface area (Å²) >= 11 is 0. The molecule has 0 aliphatic heterocycles. The predicted molar refractivity (Wildman–Crippen MR) is 124 cm³/mol. The van der Waals surface area contributed by atoms with Crippen molar-refractivity contribution >= 4 is 17.9 Å². The van der Waals surface area contributed by atoms with Crippen molar-refractivity contribution in [1.82, 2.24) is 15.5 Å². The van der Waals surface area contributed by atoms with Crippen molar-refractivity contribution in [1.29, 1.82) is 5.26 Å². The highest BCUT2D eigenvalue weighted by Gasteiger charge is 2.38. The number of ether oxygens (including phenoxy) is 1. The second-order valence-corrected chi connectivity index (χ2v) is 9.29. The van der Waals surface area contributed by atoms with E-state index in [4.69, 9.17) is 4.74 Å². The predicted octanol–water partition coefficient (Wildman–Crippen LogP) is 3.25. The number of hydrogen-bond donors (Lipinski definition) is 3. The number of hydrogen-bond acceptors (Lipinski definition) is 6. The molecule has 0 aliphatic carbocycles. The Hall–Kier alpha value is -3.28. The van der Waals surface area contributed by atoms with Gasteiger partial charge in [-0.15, -0.1) is 0 Å². The molecule has 1 rings (SSSR count). The molecule has 9 nitrogen and oxygen atoms in total. The summed E-state index contributed by atoms with van der Waals surface area (Å²) in [7, 11) is 0. The molecule has 0 fully saturated rings.